The maximum Gasteiger partial charge on any atom is 0.303 e. The summed E-state index contributed by atoms with van der Waals surface area (Å²) in [5.41, 5.74) is 0. The minimum Gasteiger partial charge on any atom is -0.481 e. The summed E-state index contributed by atoms with van der Waals surface area (Å²) in [5.74, 6) is 7.75. The van der Waals surface area contributed by atoms with Gasteiger partial charge in [-0.05, 0) is 66.1 Å². The maximum atomic E-state index is 10.9. The zero-order valence-corrected chi connectivity index (χ0v) is 8.67. The molecule has 9 atom stereocenters. The first-order valence-electron chi connectivity index (χ1n) is 6.49. The Hall–Kier alpha value is -0.530. The second-order valence-corrected chi connectivity index (χ2v) is 6.70. The smallest absolute Gasteiger partial charge is 0.303 e. The lowest BCUT2D eigenvalue weighted by Crippen LogP contribution is -2.44. The van der Waals surface area contributed by atoms with Crippen molar-refractivity contribution in [2.24, 2.45) is 53.3 Å². The van der Waals surface area contributed by atoms with Gasteiger partial charge >= 0.3 is 5.97 Å². The van der Waals surface area contributed by atoms with E-state index in [1.54, 1.807) is 0 Å². The van der Waals surface area contributed by atoms with Gasteiger partial charge in [-0.2, -0.15) is 0 Å². The van der Waals surface area contributed by atoms with Gasteiger partial charge in [-0.1, -0.05) is 0 Å². The van der Waals surface area contributed by atoms with Crippen molar-refractivity contribution in [2.45, 2.75) is 19.3 Å². The second kappa shape index (κ2) is 1.99. The average Bonchev–Trinajstić information content (AvgIpc) is 2.62. The first-order chi connectivity index (χ1) is 7.27. The molecule has 2 bridgehead atoms. The topological polar surface area (TPSA) is 37.3 Å². The minimum absolute atomic E-state index is 0.481. The van der Waals surface area contributed by atoms with Crippen LogP contribution < -0.4 is 0 Å². The summed E-state index contributed by atoms with van der Waals surface area (Å²) >= 11 is 0. The SMILES string of the molecule is O=C(O)CC1C2C3CC4C5C3CC2C5C14. The van der Waals surface area contributed by atoms with E-state index in [2.05, 4.69) is 0 Å². The lowest BCUT2D eigenvalue weighted by atomic mass is 9.57. The minimum atomic E-state index is -0.549. The summed E-state index contributed by atoms with van der Waals surface area (Å²) in [5, 5.41) is 9.03. The molecule has 5 fully saturated rings. The van der Waals surface area contributed by atoms with Crippen molar-refractivity contribution in [1.29, 1.82) is 0 Å². The fourth-order valence-corrected chi connectivity index (χ4v) is 7.15. The normalized spacial score (nSPS) is 70.3. The molecule has 0 aromatic carbocycles. The van der Waals surface area contributed by atoms with Crippen molar-refractivity contribution in [2.75, 3.05) is 0 Å². The summed E-state index contributed by atoms with van der Waals surface area (Å²) in [7, 11) is 0. The van der Waals surface area contributed by atoms with Gasteiger partial charge in [0.1, 0.15) is 0 Å². The molecular formula is C13H16O2. The van der Waals surface area contributed by atoms with E-state index >= 15 is 0 Å². The molecule has 5 rings (SSSR count). The summed E-state index contributed by atoms with van der Waals surface area (Å²) < 4.78 is 0. The number of fused-ring (bicyclic) bond motifs is 2. The lowest BCUT2D eigenvalue weighted by molar-refractivity contribution is -0.140. The molecule has 0 radical (unpaired) electrons. The third kappa shape index (κ3) is 0.576. The Morgan fingerprint density at radius 2 is 1.60 bits per heavy atom. The van der Waals surface area contributed by atoms with Crippen molar-refractivity contribution in [3.63, 3.8) is 0 Å². The van der Waals surface area contributed by atoms with E-state index in [1.165, 1.54) is 12.8 Å². The average molecular weight is 204 g/mol. The Labute approximate surface area is 89.0 Å². The van der Waals surface area contributed by atoms with Gasteiger partial charge in [-0.3, -0.25) is 4.79 Å². The number of hydrogen-bond acceptors (Lipinski definition) is 1. The number of carboxylic acid groups (broad SMARTS) is 1. The number of aliphatic carboxylic acids is 1. The predicted molar refractivity (Wildman–Crippen MR) is 52.9 cm³/mol. The first-order valence-corrected chi connectivity index (χ1v) is 6.49. The second-order valence-electron chi connectivity index (χ2n) is 6.70. The standard InChI is InChI=1S/C13H16O2/c14-9(15)3-8-10-4-1-7-11-5(4)2-6(10)13(11)12(7)8/h4-8,10-13H,1-3H2,(H,14,15). The monoisotopic (exact) mass is 204 g/mol. The molecule has 0 aliphatic heterocycles. The van der Waals surface area contributed by atoms with Crippen LogP contribution in [0.1, 0.15) is 19.3 Å². The van der Waals surface area contributed by atoms with Gasteiger partial charge in [0.05, 0.1) is 0 Å². The number of hydrogen-bond donors (Lipinski definition) is 1. The lowest BCUT2D eigenvalue weighted by Gasteiger charge is -2.47. The van der Waals surface area contributed by atoms with E-state index in [-0.39, 0.29) is 0 Å². The van der Waals surface area contributed by atoms with Gasteiger partial charge in [0, 0.05) is 6.42 Å². The van der Waals surface area contributed by atoms with Gasteiger partial charge < -0.3 is 5.11 Å². The Morgan fingerprint density at radius 3 is 2.33 bits per heavy atom. The van der Waals surface area contributed by atoms with Crippen molar-refractivity contribution in [1.82, 2.24) is 0 Å². The number of carbonyl (C=O) groups is 1. The molecule has 0 heterocycles. The van der Waals surface area contributed by atoms with Gasteiger partial charge in [-0.15, -0.1) is 0 Å². The molecule has 5 aliphatic rings. The van der Waals surface area contributed by atoms with Crippen LogP contribution in [-0.2, 0) is 4.79 Å². The van der Waals surface area contributed by atoms with E-state index in [1.807, 2.05) is 0 Å². The molecule has 0 aromatic rings. The van der Waals surface area contributed by atoms with Crippen molar-refractivity contribution in [3.05, 3.63) is 0 Å². The van der Waals surface area contributed by atoms with Crippen molar-refractivity contribution >= 4 is 5.97 Å². The highest BCUT2D eigenvalue weighted by molar-refractivity contribution is 5.67. The van der Waals surface area contributed by atoms with Gasteiger partial charge in [0.15, 0.2) is 0 Å². The molecule has 2 nitrogen and oxygen atoms in total. The Balaban J connectivity index is 1.61. The van der Waals surface area contributed by atoms with Gasteiger partial charge in [-0.25, -0.2) is 0 Å². The molecule has 0 amide bonds. The third-order valence-electron chi connectivity index (χ3n) is 6.89. The molecule has 15 heavy (non-hydrogen) atoms. The largest absolute Gasteiger partial charge is 0.481 e. The highest BCUT2D eigenvalue weighted by atomic mass is 16.4. The van der Waals surface area contributed by atoms with Crippen LogP contribution in [0.4, 0.5) is 0 Å². The van der Waals surface area contributed by atoms with E-state index in [0.29, 0.717) is 12.3 Å². The molecule has 2 heteroatoms. The van der Waals surface area contributed by atoms with E-state index in [0.717, 1.165) is 47.3 Å². The summed E-state index contributed by atoms with van der Waals surface area (Å²) in [4.78, 5) is 10.9. The molecule has 1 N–H and O–H groups in total. The van der Waals surface area contributed by atoms with Crippen LogP contribution in [0.15, 0.2) is 0 Å². The number of rotatable bonds is 2. The molecule has 0 spiro atoms. The van der Waals surface area contributed by atoms with Crippen LogP contribution >= 0.6 is 0 Å². The molecule has 5 aliphatic carbocycles. The van der Waals surface area contributed by atoms with E-state index in [9.17, 15) is 4.79 Å². The zero-order chi connectivity index (χ0) is 9.89. The predicted octanol–water partition coefficient (Wildman–Crippen LogP) is 1.86. The van der Waals surface area contributed by atoms with Crippen LogP contribution in [0.5, 0.6) is 0 Å². The Morgan fingerprint density at radius 1 is 0.933 bits per heavy atom. The highest BCUT2D eigenvalue weighted by Crippen LogP contribution is 2.84. The molecule has 0 aromatic heterocycles. The van der Waals surface area contributed by atoms with Crippen LogP contribution in [0.3, 0.4) is 0 Å². The molecule has 5 saturated carbocycles. The maximum absolute atomic E-state index is 10.9. The van der Waals surface area contributed by atoms with Crippen LogP contribution in [0.25, 0.3) is 0 Å². The van der Waals surface area contributed by atoms with Crippen molar-refractivity contribution < 1.29 is 9.90 Å². The fraction of sp³-hybridized carbons (Fsp3) is 0.923. The van der Waals surface area contributed by atoms with Gasteiger partial charge in [0.2, 0.25) is 0 Å². The fourth-order valence-electron chi connectivity index (χ4n) is 7.15. The molecular weight excluding hydrogens is 188 g/mol. The Kier molecular flexibility index (Phi) is 1.02. The molecule has 9 unspecified atom stereocenters. The number of carboxylic acids is 1. The summed E-state index contributed by atoms with van der Waals surface area (Å²) in [6, 6.07) is 0. The van der Waals surface area contributed by atoms with Crippen LogP contribution in [0, 0.1) is 53.3 Å². The zero-order valence-electron chi connectivity index (χ0n) is 8.67. The molecule has 80 valence electrons. The highest BCUT2D eigenvalue weighted by Gasteiger charge is 2.80. The molecule has 0 saturated heterocycles. The van der Waals surface area contributed by atoms with Crippen LogP contribution in [0.2, 0.25) is 0 Å². The Bertz CT molecular complexity index is 371. The third-order valence-corrected chi connectivity index (χ3v) is 6.89. The first kappa shape index (κ1) is 7.70. The van der Waals surface area contributed by atoms with Crippen molar-refractivity contribution in [3.8, 4) is 0 Å². The summed E-state index contributed by atoms with van der Waals surface area (Å²) in [6.45, 7) is 0. The summed E-state index contributed by atoms with van der Waals surface area (Å²) in [6.07, 6.45) is 3.44. The van der Waals surface area contributed by atoms with E-state index < -0.39 is 5.97 Å². The quantitative estimate of drug-likeness (QED) is 0.745. The van der Waals surface area contributed by atoms with Crippen LogP contribution in [-0.4, -0.2) is 11.1 Å². The van der Waals surface area contributed by atoms with E-state index in [4.69, 9.17) is 5.11 Å². The van der Waals surface area contributed by atoms with Gasteiger partial charge in [0.25, 0.3) is 0 Å².